The molecular weight excluding hydrogens is 338 g/mol. The van der Waals surface area contributed by atoms with Gasteiger partial charge in [-0.25, -0.2) is 0 Å². The SMILES string of the molecule is Cc1ccc([C@@]2(NC(=O)c3ccccc3)C(=O)c3ccccc3[C@@H]2O)cc1. The standard InChI is InChI=1S/C23H19NO3/c1-15-11-13-17(14-12-15)23(24-22(27)16-7-3-2-4-8-16)20(25)18-9-5-6-10-19(18)21(23)26/h2-14,20,25H,1H3,(H,24,27)/t20-,23-/m0/s1. The second-order valence-electron chi connectivity index (χ2n) is 6.81. The summed E-state index contributed by atoms with van der Waals surface area (Å²) < 4.78 is 0. The first-order valence-electron chi connectivity index (χ1n) is 8.80. The van der Waals surface area contributed by atoms with Gasteiger partial charge >= 0.3 is 0 Å². The van der Waals surface area contributed by atoms with Crippen molar-refractivity contribution in [3.8, 4) is 0 Å². The summed E-state index contributed by atoms with van der Waals surface area (Å²) in [6.07, 6.45) is -1.17. The van der Waals surface area contributed by atoms with Gasteiger partial charge in [0.2, 0.25) is 0 Å². The molecule has 0 bridgehead atoms. The number of aliphatic hydroxyl groups is 1. The first kappa shape index (κ1) is 17.2. The topological polar surface area (TPSA) is 66.4 Å². The normalized spacial score (nSPS) is 21.0. The molecule has 1 aliphatic rings. The van der Waals surface area contributed by atoms with E-state index in [9.17, 15) is 14.7 Å². The smallest absolute Gasteiger partial charge is 0.252 e. The summed E-state index contributed by atoms with van der Waals surface area (Å²) in [7, 11) is 0. The van der Waals surface area contributed by atoms with Gasteiger partial charge in [0.05, 0.1) is 0 Å². The Morgan fingerprint density at radius 1 is 0.926 bits per heavy atom. The zero-order valence-corrected chi connectivity index (χ0v) is 14.8. The van der Waals surface area contributed by atoms with Crippen molar-refractivity contribution in [1.29, 1.82) is 0 Å². The molecular formula is C23H19NO3. The van der Waals surface area contributed by atoms with Crippen LogP contribution in [0.3, 0.4) is 0 Å². The third-order valence-corrected chi connectivity index (χ3v) is 5.12. The number of ketones is 1. The number of carbonyl (C=O) groups excluding carboxylic acids is 2. The third-order valence-electron chi connectivity index (χ3n) is 5.12. The van der Waals surface area contributed by atoms with Gasteiger partial charge in [-0.15, -0.1) is 0 Å². The van der Waals surface area contributed by atoms with Crippen molar-refractivity contribution in [2.75, 3.05) is 0 Å². The molecule has 0 heterocycles. The molecule has 134 valence electrons. The van der Waals surface area contributed by atoms with Gasteiger partial charge in [-0.05, 0) is 30.2 Å². The first-order chi connectivity index (χ1) is 13.0. The van der Waals surface area contributed by atoms with Gasteiger partial charge in [0, 0.05) is 11.1 Å². The zero-order valence-electron chi connectivity index (χ0n) is 14.8. The van der Waals surface area contributed by atoms with E-state index in [2.05, 4.69) is 5.32 Å². The predicted molar refractivity (Wildman–Crippen MR) is 102 cm³/mol. The average Bonchev–Trinajstić information content (AvgIpc) is 2.92. The number of Topliss-reactive ketones (excluding diaryl/α,β-unsaturated/α-hetero) is 1. The zero-order chi connectivity index (χ0) is 19.0. The summed E-state index contributed by atoms with van der Waals surface area (Å²) in [5.41, 5.74) is 1.42. The average molecular weight is 357 g/mol. The van der Waals surface area contributed by atoms with E-state index in [1.165, 1.54) is 0 Å². The number of benzene rings is 3. The molecule has 0 spiro atoms. The molecule has 2 N–H and O–H groups in total. The van der Waals surface area contributed by atoms with Crippen LogP contribution in [0.4, 0.5) is 0 Å². The number of hydrogen-bond acceptors (Lipinski definition) is 3. The lowest BCUT2D eigenvalue weighted by molar-refractivity contribution is 0.0470. The third kappa shape index (κ3) is 2.66. The Labute approximate surface area is 157 Å². The second kappa shape index (κ2) is 6.49. The molecule has 4 rings (SSSR count). The maximum absolute atomic E-state index is 13.4. The minimum Gasteiger partial charge on any atom is -0.385 e. The van der Waals surface area contributed by atoms with Gasteiger partial charge in [-0.2, -0.15) is 0 Å². The van der Waals surface area contributed by atoms with Gasteiger partial charge in [-0.3, -0.25) is 9.59 Å². The van der Waals surface area contributed by atoms with Crippen molar-refractivity contribution < 1.29 is 14.7 Å². The quantitative estimate of drug-likeness (QED) is 0.753. The van der Waals surface area contributed by atoms with E-state index < -0.39 is 17.6 Å². The van der Waals surface area contributed by atoms with Crippen molar-refractivity contribution in [3.63, 3.8) is 0 Å². The van der Waals surface area contributed by atoms with Crippen LogP contribution in [0.2, 0.25) is 0 Å². The molecule has 0 radical (unpaired) electrons. The summed E-state index contributed by atoms with van der Waals surface area (Å²) in [5, 5.41) is 14.0. The van der Waals surface area contributed by atoms with Crippen molar-refractivity contribution in [3.05, 3.63) is 107 Å². The van der Waals surface area contributed by atoms with Crippen LogP contribution in [-0.4, -0.2) is 16.8 Å². The van der Waals surface area contributed by atoms with Crippen molar-refractivity contribution in [2.45, 2.75) is 18.6 Å². The van der Waals surface area contributed by atoms with E-state index in [1.54, 1.807) is 60.7 Å². The molecule has 4 heteroatoms. The lowest BCUT2D eigenvalue weighted by Crippen LogP contribution is -2.52. The largest absolute Gasteiger partial charge is 0.385 e. The Kier molecular flexibility index (Phi) is 4.13. The van der Waals surface area contributed by atoms with E-state index in [0.29, 0.717) is 22.3 Å². The van der Waals surface area contributed by atoms with Crippen LogP contribution in [0.1, 0.15) is 43.5 Å². The molecule has 1 aliphatic carbocycles. The maximum Gasteiger partial charge on any atom is 0.252 e. The minimum atomic E-state index is -1.55. The summed E-state index contributed by atoms with van der Waals surface area (Å²) in [6.45, 7) is 1.95. The molecule has 3 aromatic rings. The number of nitrogens with one attached hydrogen (secondary N) is 1. The molecule has 3 aromatic carbocycles. The molecule has 2 atom stereocenters. The Bertz CT molecular complexity index is 1010. The number of aliphatic hydroxyl groups excluding tert-OH is 1. The highest BCUT2D eigenvalue weighted by Gasteiger charge is 2.55. The Morgan fingerprint density at radius 3 is 2.22 bits per heavy atom. The fourth-order valence-corrected chi connectivity index (χ4v) is 3.66. The number of fused-ring (bicyclic) bond motifs is 1. The molecule has 4 nitrogen and oxygen atoms in total. The fraction of sp³-hybridized carbons (Fsp3) is 0.130. The summed E-state index contributed by atoms with van der Waals surface area (Å²) >= 11 is 0. The molecule has 1 amide bonds. The lowest BCUT2D eigenvalue weighted by atomic mass is 9.83. The van der Waals surface area contributed by atoms with Gasteiger partial charge in [0.25, 0.3) is 5.91 Å². The molecule has 0 fully saturated rings. The molecule has 0 unspecified atom stereocenters. The molecule has 27 heavy (non-hydrogen) atoms. The van der Waals surface area contributed by atoms with Crippen molar-refractivity contribution in [1.82, 2.24) is 5.32 Å². The van der Waals surface area contributed by atoms with Crippen LogP contribution in [0.25, 0.3) is 0 Å². The maximum atomic E-state index is 13.4. The van der Waals surface area contributed by atoms with Crippen LogP contribution in [0.15, 0.2) is 78.9 Å². The van der Waals surface area contributed by atoms with Crippen LogP contribution in [0.5, 0.6) is 0 Å². The number of rotatable bonds is 3. The molecule has 0 aromatic heterocycles. The predicted octanol–water partition coefficient (Wildman–Crippen LogP) is 3.55. The van der Waals surface area contributed by atoms with Crippen LogP contribution in [0, 0.1) is 6.92 Å². The van der Waals surface area contributed by atoms with E-state index >= 15 is 0 Å². The molecule has 0 aliphatic heterocycles. The number of aryl methyl sites for hydroxylation is 1. The summed E-state index contributed by atoms with van der Waals surface area (Å²) in [4.78, 5) is 26.3. The Balaban J connectivity index is 1.86. The van der Waals surface area contributed by atoms with Gasteiger partial charge in [0.1, 0.15) is 6.10 Å². The van der Waals surface area contributed by atoms with Gasteiger partial charge in [0.15, 0.2) is 11.3 Å². The van der Waals surface area contributed by atoms with Crippen LogP contribution >= 0.6 is 0 Å². The summed E-state index contributed by atoms with van der Waals surface area (Å²) in [5.74, 6) is -0.713. The second-order valence-corrected chi connectivity index (χ2v) is 6.81. The molecule has 0 saturated heterocycles. The van der Waals surface area contributed by atoms with E-state index in [1.807, 2.05) is 25.1 Å². The Morgan fingerprint density at radius 2 is 1.56 bits per heavy atom. The van der Waals surface area contributed by atoms with E-state index in [0.717, 1.165) is 5.56 Å². The highest BCUT2D eigenvalue weighted by molar-refractivity contribution is 6.11. The van der Waals surface area contributed by atoms with Gasteiger partial charge in [-0.1, -0.05) is 72.3 Å². The van der Waals surface area contributed by atoms with Crippen molar-refractivity contribution in [2.24, 2.45) is 0 Å². The van der Waals surface area contributed by atoms with Crippen LogP contribution in [-0.2, 0) is 5.54 Å². The monoisotopic (exact) mass is 357 g/mol. The number of hydrogen-bond donors (Lipinski definition) is 2. The van der Waals surface area contributed by atoms with E-state index in [4.69, 9.17) is 0 Å². The summed E-state index contributed by atoms with van der Waals surface area (Å²) in [6, 6.07) is 22.9. The van der Waals surface area contributed by atoms with E-state index in [-0.39, 0.29) is 5.78 Å². The number of amides is 1. The minimum absolute atomic E-state index is 0.307. The van der Waals surface area contributed by atoms with Crippen LogP contribution < -0.4 is 5.32 Å². The lowest BCUT2D eigenvalue weighted by Gasteiger charge is -2.33. The highest BCUT2D eigenvalue weighted by atomic mass is 16.3. The fourth-order valence-electron chi connectivity index (χ4n) is 3.66. The molecule has 0 saturated carbocycles. The van der Waals surface area contributed by atoms with Gasteiger partial charge < -0.3 is 10.4 Å². The Hall–Kier alpha value is -3.24. The number of carbonyl (C=O) groups is 2. The highest BCUT2D eigenvalue weighted by Crippen LogP contribution is 2.46. The first-order valence-corrected chi connectivity index (χ1v) is 8.80. The van der Waals surface area contributed by atoms with Crippen molar-refractivity contribution >= 4 is 11.7 Å².